The lowest BCUT2D eigenvalue weighted by atomic mass is 9.91. The van der Waals surface area contributed by atoms with Crippen molar-refractivity contribution in [2.45, 2.75) is 32.4 Å². The van der Waals surface area contributed by atoms with Crippen molar-refractivity contribution in [1.82, 2.24) is 4.90 Å². The van der Waals surface area contributed by atoms with Crippen LogP contribution in [-0.2, 0) is 6.54 Å². The lowest BCUT2D eigenvalue weighted by Gasteiger charge is -2.33. The second-order valence-electron chi connectivity index (χ2n) is 4.69. The summed E-state index contributed by atoms with van der Waals surface area (Å²) in [7, 11) is 0. The first-order valence-electron chi connectivity index (χ1n) is 5.86. The summed E-state index contributed by atoms with van der Waals surface area (Å²) in [6.07, 6.45) is 2.44. The van der Waals surface area contributed by atoms with E-state index in [1.807, 2.05) is 0 Å². The SMILES string of the molecule is CC(N)C1CCN(Cc2ccsc2Cl)CC1. The first-order chi connectivity index (χ1) is 7.66. The predicted octanol–water partition coefficient (Wildman–Crippen LogP) is 2.96. The summed E-state index contributed by atoms with van der Waals surface area (Å²) >= 11 is 7.73. The molecule has 16 heavy (non-hydrogen) atoms. The lowest BCUT2D eigenvalue weighted by Crippen LogP contribution is -2.39. The van der Waals surface area contributed by atoms with Gasteiger partial charge in [-0.25, -0.2) is 0 Å². The highest BCUT2D eigenvalue weighted by molar-refractivity contribution is 7.14. The molecule has 0 saturated carbocycles. The number of rotatable bonds is 3. The van der Waals surface area contributed by atoms with Crippen LogP contribution in [0, 0.1) is 5.92 Å². The monoisotopic (exact) mass is 258 g/mol. The number of hydrogen-bond donors (Lipinski definition) is 1. The summed E-state index contributed by atoms with van der Waals surface area (Å²) in [6, 6.07) is 2.47. The Morgan fingerprint density at radius 2 is 2.25 bits per heavy atom. The average molecular weight is 259 g/mol. The van der Waals surface area contributed by atoms with Crippen LogP contribution >= 0.6 is 22.9 Å². The second-order valence-corrected chi connectivity index (χ2v) is 6.21. The quantitative estimate of drug-likeness (QED) is 0.903. The van der Waals surface area contributed by atoms with Crippen molar-refractivity contribution in [3.8, 4) is 0 Å². The van der Waals surface area contributed by atoms with Gasteiger partial charge in [-0.05, 0) is 55.8 Å². The fraction of sp³-hybridized carbons (Fsp3) is 0.667. The Morgan fingerprint density at radius 3 is 2.75 bits per heavy atom. The van der Waals surface area contributed by atoms with E-state index in [1.54, 1.807) is 11.3 Å². The van der Waals surface area contributed by atoms with Crippen molar-refractivity contribution in [2.75, 3.05) is 13.1 Å². The summed E-state index contributed by atoms with van der Waals surface area (Å²) < 4.78 is 0.939. The number of nitrogens with zero attached hydrogens (tertiary/aromatic N) is 1. The number of halogens is 1. The zero-order valence-electron chi connectivity index (χ0n) is 9.66. The van der Waals surface area contributed by atoms with Gasteiger partial charge in [0, 0.05) is 12.6 Å². The molecule has 1 aliphatic rings. The van der Waals surface area contributed by atoms with E-state index in [0.717, 1.165) is 24.0 Å². The molecule has 90 valence electrons. The zero-order chi connectivity index (χ0) is 11.5. The van der Waals surface area contributed by atoms with Crippen molar-refractivity contribution in [3.05, 3.63) is 21.3 Å². The molecule has 1 aromatic heterocycles. The standard InChI is InChI=1S/C12H19ClN2S/c1-9(14)10-2-5-15(6-3-10)8-11-4-7-16-12(11)13/h4,7,9-10H,2-3,5-6,8,14H2,1H3. The van der Waals surface area contributed by atoms with Crippen molar-refractivity contribution in [2.24, 2.45) is 11.7 Å². The molecule has 0 bridgehead atoms. The van der Waals surface area contributed by atoms with Gasteiger partial charge in [-0.2, -0.15) is 0 Å². The Balaban J connectivity index is 1.84. The average Bonchev–Trinajstić information content (AvgIpc) is 2.65. The molecular weight excluding hydrogens is 240 g/mol. The molecule has 1 aromatic rings. The first-order valence-corrected chi connectivity index (χ1v) is 7.12. The van der Waals surface area contributed by atoms with Crippen LogP contribution in [0.1, 0.15) is 25.3 Å². The van der Waals surface area contributed by atoms with Crippen LogP contribution in [-0.4, -0.2) is 24.0 Å². The smallest absolute Gasteiger partial charge is 0.0973 e. The fourth-order valence-electron chi connectivity index (χ4n) is 2.31. The van der Waals surface area contributed by atoms with E-state index in [-0.39, 0.29) is 0 Å². The van der Waals surface area contributed by atoms with Crippen LogP contribution in [0.2, 0.25) is 4.34 Å². The Morgan fingerprint density at radius 1 is 1.56 bits per heavy atom. The number of nitrogens with two attached hydrogens (primary N) is 1. The van der Waals surface area contributed by atoms with Gasteiger partial charge in [-0.3, -0.25) is 4.90 Å². The summed E-state index contributed by atoms with van der Waals surface area (Å²) in [5, 5.41) is 2.06. The number of thiophene rings is 1. The molecule has 2 nitrogen and oxygen atoms in total. The second kappa shape index (κ2) is 5.50. The topological polar surface area (TPSA) is 29.3 Å². The van der Waals surface area contributed by atoms with Gasteiger partial charge in [0.05, 0.1) is 4.34 Å². The van der Waals surface area contributed by atoms with E-state index in [4.69, 9.17) is 17.3 Å². The molecule has 1 fully saturated rings. The molecule has 4 heteroatoms. The predicted molar refractivity (Wildman–Crippen MR) is 71.0 cm³/mol. The Bertz CT molecular complexity index is 330. The molecule has 1 saturated heterocycles. The van der Waals surface area contributed by atoms with Gasteiger partial charge in [-0.15, -0.1) is 11.3 Å². The Labute approximate surface area is 106 Å². The molecule has 0 spiro atoms. The Hall–Kier alpha value is -0.0900. The third-order valence-corrected chi connectivity index (χ3v) is 4.71. The van der Waals surface area contributed by atoms with Gasteiger partial charge in [0.25, 0.3) is 0 Å². The maximum absolute atomic E-state index is 6.11. The summed E-state index contributed by atoms with van der Waals surface area (Å²) in [4.78, 5) is 2.48. The van der Waals surface area contributed by atoms with Crippen LogP contribution in [0.25, 0.3) is 0 Å². The molecule has 2 rings (SSSR count). The van der Waals surface area contributed by atoms with E-state index in [1.165, 1.54) is 18.4 Å². The van der Waals surface area contributed by atoms with Gasteiger partial charge >= 0.3 is 0 Å². The van der Waals surface area contributed by atoms with Crippen LogP contribution in [0.3, 0.4) is 0 Å². The van der Waals surface area contributed by atoms with Gasteiger partial charge in [0.1, 0.15) is 0 Å². The van der Waals surface area contributed by atoms with Gasteiger partial charge in [0.15, 0.2) is 0 Å². The van der Waals surface area contributed by atoms with Crippen LogP contribution in [0.4, 0.5) is 0 Å². The third-order valence-electron chi connectivity index (χ3n) is 3.46. The summed E-state index contributed by atoms with van der Waals surface area (Å²) in [5.41, 5.74) is 7.20. The van der Waals surface area contributed by atoms with Crippen molar-refractivity contribution < 1.29 is 0 Å². The minimum absolute atomic E-state index is 0.340. The summed E-state index contributed by atoms with van der Waals surface area (Å²) in [6.45, 7) is 5.42. The largest absolute Gasteiger partial charge is 0.328 e. The maximum atomic E-state index is 6.11. The molecule has 0 amide bonds. The van der Waals surface area contributed by atoms with Crippen molar-refractivity contribution in [3.63, 3.8) is 0 Å². The minimum atomic E-state index is 0.340. The molecule has 1 aliphatic heterocycles. The highest BCUT2D eigenvalue weighted by atomic mass is 35.5. The molecule has 1 unspecified atom stereocenters. The number of likely N-dealkylation sites (tertiary alicyclic amines) is 1. The van der Waals surface area contributed by atoms with E-state index in [0.29, 0.717) is 12.0 Å². The molecular formula is C12H19ClN2S. The Kier molecular flexibility index (Phi) is 4.25. The first kappa shape index (κ1) is 12.4. The van der Waals surface area contributed by atoms with E-state index < -0.39 is 0 Å². The van der Waals surface area contributed by atoms with E-state index in [2.05, 4.69) is 23.3 Å². The molecule has 0 aromatic carbocycles. The minimum Gasteiger partial charge on any atom is -0.328 e. The van der Waals surface area contributed by atoms with Gasteiger partial charge < -0.3 is 5.73 Å². The highest BCUT2D eigenvalue weighted by Crippen LogP contribution is 2.26. The van der Waals surface area contributed by atoms with Gasteiger partial charge in [0.2, 0.25) is 0 Å². The van der Waals surface area contributed by atoms with Crippen molar-refractivity contribution in [1.29, 1.82) is 0 Å². The zero-order valence-corrected chi connectivity index (χ0v) is 11.2. The van der Waals surface area contributed by atoms with Crippen molar-refractivity contribution >= 4 is 22.9 Å². The van der Waals surface area contributed by atoms with Crippen LogP contribution in [0.5, 0.6) is 0 Å². The summed E-state index contributed by atoms with van der Waals surface area (Å²) in [5.74, 6) is 0.703. The molecule has 0 aliphatic carbocycles. The van der Waals surface area contributed by atoms with Crippen LogP contribution in [0.15, 0.2) is 11.4 Å². The maximum Gasteiger partial charge on any atom is 0.0973 e. The highest BCUT2D eigenvalue weighted by Gasteiger charge is 2.22. The third kappa shape index (κ3) is 2.98. The lowest BCUT2D eigenvalue weighted by molar-refractivity contribution is 0.166. The fourth-order valence-corrected chi connectivity index (χ4v) is 3.22. The molecule has 2 heterocycles. The van der Waals surface area contributed by atoms with Crippen LogP contribution < -0.4 is 5.73 Å². The van der Waals surface area contributed by atoms with E-state index in [9.17, 15) is 0 Å². The van der Waals surface area contributed by atoms with E-state index >= 15 is 0 Å². The number of piperidine rings is 1. The molecule has 0 radical (unpaired) electrons. The van der Waals surface area contributed by atoms with Gasteiger partial charge in [-0.1, -0.05) is 11.6 Å². The normalized spacial score (nSPS) is 21.2. The molecule has 1 atom stereocenters. The number of hydrogen-bond acceptors (Lipinski definition) is 3. The molecule has 2 N–H and O–H groups in total.